The Bertz CT molecular complexity index is 1270. The van der Waals surface area contributed by atoms with Gasteiger partial charge in [0.25, 0.3) is 0 Å². The third-order valence-corrected chi connectivity index (χ3v) is 6.17. The Labute approximate surface area is 198 Å². The number of benzene rings is 1. The average molecular weight is 460 g/mol. The van der Waals surface area contributed by atoms with Crippen LogP contribution in [0.15, 0.2) is 55.1 Å². The highest BCUT2D eigenvalue weighted by Crippen LogP contribution is 2.29. The van der Waals surface area contributed by atoms with Crippen molar-refractivity contribution in [2.75, 3.05) is 13.1 Å². The molecule has 0 aliphatic carbocycles. The highest BCUT2D eigenvalue weighted by molar-refractivity contribution is 5.82. The number of carbonyl (C=O) groups excluding carboxylic acids is 1. The molecule has 176 valence electrons. The van der Waals surface area contributed by atoms with E-state index in [2.05, 4.69) is 56.6 Å². The lowest BCUT2D eigenvalue weighted by atomic mass is 9.90. The number of rotatable bonds is 4. The van der Waals surface area contributed by atoms with Gasteiger partial charge in [-0.15, -0.1) is 5.10 Å². The van der Waals surface area contributed by atoms with Gasteiger partial charge >= 0.3 is 6.09 Å². The minimum absolute atomic E-state index is 0.219. The average Bonchev–Trinajstić information content (AvgIpc) is 3.49. The van der Waals surface area contributed by atoms with E-state index in [9.17, 15) is 4.79 Å². The van der Waals surface area contributed by atoms with Crippen molar-refractivity contribution in [3.8, 4) is 5.69 Å². The van der Waals surface area contributed by atoms with E-state index in [0.717, 1.165) is 35.1 Å². The molecule has 9 heteroatoms. The number of hydrogen-bond donors (Lipinski definition) is 0. The maximum absolute atomic E-state index is 12.3. The van der Waals surface area contributed by atoms with Gasteiger partial charge in [-0.05, 0) is 85.9 Å². The predicted molar refractivity (Wildman–Crippen MR) is 128 cm³/mol. The van der Waals surface area contributed by atoms with Crippen LogP contribution in [0.2, 0.25) is 0 Å². The Morgan fingerprint density at radius 3 is 2.62 bits per heavy atom. The van der Waals surface area contributed by atoms with Gasteiger partial charge in [-0.25, -0.2) is 9.48 Å². The second kappa shape index (κ2) is 8.89. The van der Waals surface area contributed by atoms with Gasteiger partial charge in [-0.1, -0.05) is 6.07 Å². The molecule has 9 nitrogen and oxygen atoms in total. The highest BCUT2D eigenvalue weighted by Gasteiger charge is 2.27. The molecule has 1 aliphatic heterocycles. The zero-order valence-electron chi connectivity index (χ0n) is 19.8. The van der Waals surface area contributed by atoms with Crippen molar-refractivity contribution in [1.29, 1.82) is 0 Å². The van der Waals surface area contributed by atoms with Gasteiger partial charge in [-0.2, -0.15) is 0 Å². The lowest BCUT2D eigenvalue weighted by molar-refractivity contribution is 0.0205. The van der Waals surface area contributed by atoms with E-state index in [1.807, 2.05) is 37.9 Å². The topological polar surface area (TPSA) is 91.0 Å². The van der Waals surface area contributed by atoms with Gasteiger partial charge < -0.3 is 14.2 Å². The molecule has 5 rings (SSSR count). The fourth-order valence-electron chi connectivity index (χ4n) is 4.41. The van der Waals surface area contributed by atoms with Gasteiger partial charge in [0.2, 0.25) is 0 Å². The number of tetrazole rings is 1. The normalized spacial score (nSPS) is 15.1. The van der Waals surface area contributed by atoms with E-state index in [1.165, 1.54) is 5.56 Å². The van der Waals surface area contributed by atoms with Crippen LogP contribution in [0.1, 0.15) is 50.8 Å². The third-order valence-electron chi connectivity index (χ3n) is 6.17. The number of hydrogen-bond acceptors (Lipinski definition) is 6. The van der Waals surface area contributed by atoms with Gasteiger partial charge in [0.1, 0.15) is 11.9 Å². The summed E-state index contributed by atoms with van der Waals surface area (Å²) in [6, 6.07) is 12.5. The smallest absolute Gasteiger partial charge is 0.410 e. The molecule has 0 unspecified atom stereocenters. The van der Waals surface area contributed by atoms with Crippen molar-refractivity contribution < 1.29 is 9.53 Å². The molecule has 1 fully saturated rings. The van der Waals surface area contributed by atoms with E-state index in [-0.39, 0.29) is 6.09 Å². The first kappa shape index (κ1) is 22.1. The van der Waals surface area contributed by atoms with E-state index in [1.54, 1.807) is 11.0 Å². The van der Waals surface area contributed by atoms with Crippen LogP contribution in [-0.2, 0) is 11.3 Å². The molecule has 1 aliphatic rings. The standard InChI is InChI=1S/C25H29N7O2/c1-25(2,3)34-24(33)30-11-8-18(9-12-30)20-4-5-21(26-15-20)16-31-13-10-19-14-22(6-7-23(19)31)32-17-27-28-29-32/h4-7,10,13-15,17-18H,8-9,11-12,16H2,1-3H3. The van der Waals surface area contributed by atoms with Crippen LogP contribution in [0.25, 0.3) is 16.6 Å². The van der Waals surface area contributed by atoms with Crippen molar-refractivity contribution in [2.24, 2.45) is 0 Å². The maximum atomic E-state index is 12.3. The zero-order chi connectivity index (χ0) is 23.7. The van der Waals surface area contributed by atoms with E-state index >= 15 is 0 Å². The van der Waals surface area contributed by atoms with Crippen molar-refractivity contribution in [3.63, 3.8) is 0 Å². The molecule has 0 N–H and O–H groups in total. The first-order valence-corrected chi connectivity index (χ1v) is 11.6. The summed E-state index contributed by atoms with van der Waals surface area (Å²) in [4.78, 5) is 18.9. The van der Waals surface area contributed by atoms with E-state index < -0.39 is 5.60 Å². The van der Waals surface area contributed by atoms with Crippen LogP contribution < -0.4 is 0 Å². The largest absolute Gasteiger partial charge is 0.444 e. The number of likely N-dealkylation sites (tertiary alicyclic amines) is 1. The fraction of sp³-hybridized carbons (Fsp3) is 0.400. The molecule has 1 amide bonds. The molecule has 4 heterocycles. The van der Waals surface area contributed by atoms with Crippen LogP contribution >= 0.6 is 0 Å². The van der Waals surface area contributed by atoms with Crippen molar-refractivity contribution in [1.82, 2.24) is 34.7 Å². The van der Waals surface area contributed by atoms with Crippen LogP contribution in [0.5, 0.6) is 0 Å². The number of carbonyl (C=O) groups is 1. The number of amides is 1. The first-order chi connectivity index (χ1) is 16.4. The molecule has 0 saturated carbocycles. The molecular formula is C25H29N7O2. The third kappa shape index (κ3) is 4.78. The molecule has 1 aromatic carbocycles. The minimum Gasteiger partial charge on any atom is -0.444 e. The van der Waals surface area contributed by atoms with Gasteiger partial charge in [-0.3, -0.25) is 4.98 Å². The Balaban J connectivity index is 1.21. The lowest BCUT2D eigenvalue weighted by Crippen LogP contribution is -2.41. The van der Waals surface area contributed by atoms with Crippen LogP contribution in [0.4, 0.5) is 4.79 Å². The summed E-state index contributed by atoms with van der Waals surface area (Å²) in [5.41, 5.74) is 3.84. The summed E-state index contributed by atoms with van der Waals surface area (Å²) in [5.74, 6) is 0.414. The number of piperidine rings is 1. The van der Waals surface area contributed by atoms with E-state index in [0.29, 0.717) is 25.6 Å². The molecule has 1 saturated heterocycles. The summed E-state index contributed by atoms with van der Waals surface area (Å²) >= 11 is 0. The number of nitrogens with zero attached hydrogens (tertiary/aromatic N) is 7. The number of pyridine rings is 1. The molecule has 3 aromatic heterocycles. The Morgan fingerprint density at radius 2 is 1.94 bits per heavy atom. The lowest BCUT2D eigenvalue weighted by Gasteiger charge is -2.33. The van der Waals surface area contributed by atoms with E-state index in [4.69, 9.17) is 9.72 Å². The summed E-state index contributed by atoms with van der Waals surface area (Å²) in [5, 5.41) is 12.5. The second-order valence-corrected chi connectivity index (χ2v) is 9.77. The summed E-state index contributed by atoms with van der Waals surface area (Å²) in [6.07, 6.45) is 7.28. The zero-order valence-corrected chi connectivity index (χ0v) is 19.8. The predicted octanol–water partition coefficient (Wildman–Crippen LogP) is 4.17. The molecule has 0 spiro atoms. The van der Waals surface area contributed by atoms with Crippen molar-refractivity contribution in [2.45, 2.75) is 51.7 Å². The summed E-state index contributed by atoms with van der Waals surface area (Å²) < 4.78 is 9.34. The SMILES string of the molecule is CC(C)(C)OC(=O)N1CCC(c2ccc(Cn3ccc4cc(-n5cnnn5)ccc43)nc2)CC1. The Hall–Kier alpha value is -3.75. The molecule has 4 aromatic rings. The minimum atomic E-state index is -0.463. The van der Waals surface area contributed by atoms with Crippen molar-refractivity contribution in [3.05, 3.63) is 66.4 Å². The van der Waals surface area contributed by atoms with Crippen LogP contribution in [-0.4, -0.2) is 59.4 Å². The van der Waals surface area contributed by atoms with Gasteiger partial charge in [0.05, 0.1) is 17.9 Å². The number of ether oxygens (including phenoxy) is 1. The van der Waals surface area contributed by atoms with Crippen molar-refractivity contribution >= 4 is 17.0 Å². The molecule has 0 atom stereocenters. The Kier molecular flexibility index (Phi) is 5.77. The molecule has 34 heavy (non-hydrogen) atoms. The summed E-state index contributed by atoms with van der Waals surface area (Å²) in [6.45, 7) is 7.82. The van der Waals surface area contributed by atoms with Crippen LogP contribution in [0, 0.1) is 0 Å². The van der Waals surface area contributed by atoms with Gasteiger partial charge in [0, 0.05) is 36.4 Å². The first-order valence-electron chi connectivity index (χ1n) is 11.6. The molecule has 0 radical (unpaired) electrons. The quantitative estimate of drug-likeness (QED) is 0.455. The second-order valence-electron chi connectivity index (χ2n) is 9.77. The van der Waals surface area contributed by atoms with Crippen LogP contribution in [0.3, 0.4) is 0 Å². The molecular weight excluding hydrogens is 430 g/mol. The fourth-order valence-corrected chi connectivity index (χ4v) is 4.41. The summed E-state index contributed by atoms with van der Waals surface area (Å²) in [7, 11) is 0. The highest BCUT2D eigenvalue weighted by atomic mass is 16.6. The maximum Gasteiger partial charge on any atom is 0.410 e. The number of aromatic nitrogens is 6. The van der Waals surface area contributed by atoms with Gasteiger partial charge in [0.15, 0.2) is 0 Å². The molecule has 0 bridgehead atoms. The monoisotopic (exact) mass is 459 g/mol. The number of fused-ring (bicyclic) bond motifs is 1. The Morgan fingerprint density at radius 1 is 1.12 bits per heavy atom.